The van der Waals surface area contributed by atoms with Gasteiger partial charge in [-0.1, -0.05) is 11.6 Å². The third-order valence-corrected chi connectivity index (χ3v) is 2.51. The number of aromatic nitrogens is 3. The molecule has 18 heavy (non-hydrogen) atoms. The van der Waals surface area contributed by atoms with Gasteiger partial charge >= 0.3 is 0 Å². The van der Waals surface area contributed by atoms with Gasteiger partial charge < -0.3 is 10.6 Å². The fraction of sp³-hybridized carbons (Fsp3) is 0.182. The summed E-state index contributed by atoms with van der Waals surface area (Å²) >= 11 is 5.80. The molecule has 7 heteroatoms. The molecule has 2 aromatic heterocycles. The maximum Gasteiger partial charge on any atom is 0.273 e. The second-order valence-corrected chi connectivity index (χ2v) is 4.28. The maximum absolute atomic E-state index is 11.7. The Balaban J connectivity index is 2.41. The Kier molecular flexibility index (Phi) is 3.20. The summed E-state index contributed by atoms with van der Waals surface area (Å²) in [6, 6.07) is 4.83. The largest absolute Gasteiger partial charge is 0.396 e. The van der Waals surface area contributed by atoms with Gasteiger partial charge in [0, 0.05) is 20.3 Å². The summed E-state index contributed by atoms with van der Waals surface area (Å²) < 4.78 is 1.43. The van der Waals surface area contributed by atoms with Crippen LogP contribution in [0.5, 0.6) is 0 Å². The molecule has 0 saturated heterocycles. The van der Waals surface area contributed by atoms with Gasteiger partial charge in [0.05, 0.1) is 5.69 Å². The predicted octanol–water partition coefficient (Wildman–Crippen LogP) is 1.20. The molecule has 0 aromatic carbocycles. The normalized spacial score (nSPS) is 10.4. The summed E-state index contributed by atoms with van der Waals surface area (Å²) in [5.41, 5.74) is 6.55. The van der Waals surface area contributed by atoms with Crippen molar-refractivity contribution >= 4 is 23.2 Å². The van der Waals surface area contributed by atoms with E-state index in [-0.39, 0.29) is 5.91 Å². The van der Waals surface area contributed by atoms with Gasteiger partial charge in [-0.2, -0.15) is 5.10 Å². The second kappa shape index (κ2) is 4.66. The molecule has 0 atom stereocenters. The SMILES string of the molecule is CN(C)C(=O)c1ccn(-c2nc(Cl)ccc2N)n1. The zero-order valence-electron chi connectivity index (χ0n) is 9.96. The molecule has 0 fully saturated rings. The lowest BCUT2D eigenvalue weighted by Crippen LogP contribution is -2.22. The van der Waals surface area contributed by atoms with E-state index in [9.17, 15) is 4.79 Å². The van der Waals surface area contributed by atoms with Crippen molar-refractivity contribution in [2.45, 2.75) is 0 Å². The fourth-order valence-corrected chi connectivity index (χ4v) is 1.55. The molecule has 6 nitrogen and oxygen atoms in total. The fourth-order valence-electron chi connectivity index (χ4n) is 1.40. The number of anilines is 1. The van der Waals surface area contributed by atoms with E-state index in [0.29, 0.717) is 22.4 Å². The van der Waals surface area contributed by atoms with Crippen LogP contribution in [0.1, 0.15) is 10.5 Å². The van der Waals surface area contributed by atoms with Gasteiger partial charge in [-0.05, 0) is 18.2 Å². The van der Waals surface area contributed by atoms with Crippen molar-refractivity contribution < 1.29 is 4.79 Å². The topological polar surface area (TPSA) is 77.0 Å². The van der Waals surface area contributed by atoms with Crippen molar-refractivity contribution in [2.75, 3.05) is 19.8 Å². The number of hydrogen-bond donors (Lipinski definition) is 1. The first-order valence-corrected chi connectivity index (χ1v) is 5.56. The summed E-state index contributed by atoms with van der Waals surface area (Å²) in [7, 11) is 3.32. The number of pyridine rings is 1. The van der Waals surface area contributed by atoms with Crippen LogP contribution in [0.15, 0.2) is 24.4 Å². The van der Waals surface area contributed by atoms with Crippen LogP contribution in [0.3, 0.4) is 0 Å². The monoisotopic (exact) mass is 265 g/mol. The molecule has 0 saturated carbocycles. The van der Waals surface area contributed by atoms with Crippen LogP contribution in [-0.2, 0) is 0 Å². The Hall–Kier alpha value is -2.08. The Morgan fingerprint density at radius 3 is 2.78 bits per heavy atom. The minimum Gasteiger partial charge on any atom is -0.396 e. The van der Waals surface area contributed by atoms with E-state index in [1.807, 2.05) is 0 Å². The molecule has 0 spiro atoms. The molecule has 0 unspecified atom stereocenters. The number of amides is 1. The van der Waals surface area contributed by atoms with Gasteiger partial charge in [0.15, 0.2) is 11.5 Å². The van der Waals surface area contributed by atoms with E-state index in [0.717, 1.165) is 0 Å². The minimum atomic E-state index is -0.186. The molecule has 1 amide bonds. The average molecular weight is 266 g/mol. The minimum absolute atomic E-state index is 0.186. The first-order valence-electron chi connectivity index (χ1n) is 5.19. The van der Waals surface area contributed by atoms with Gasteiger partial charge in [-0.15, -0.1) is 0 Å². The Morgan fingerprint density at radius 2 is 2.11 bits per heavy atom. The number of nitrogen functional groups attached to an aromatic ring is 1. The second-order valence-electron chi connectivity index (χ2n) is 3.89. The molecular weight excluding hydrogens is 254 g/mol. The first-order chi connectivity index (χ1) is 8.49. The van der Waals surface area contributed by atoms with Gasteiger partial charge in [-0.25, -0.2) is 9.67 Å². The van der Waals surface area contributed by atoms with Gasteiger partial charge in [-0.3, -0.25) is 4.79 Å². The molecule has 0 bridgehead atoms. The lowest BCUT2D eigenvalue weighted by molar-refractivity contribution is 0.0821. The highest BCUT2D eigenvalue weighted by atomic mass is 35.5. The van der Waals surface area contributed by atoms with E-state index in [4.69, 9.17) is 17.3 Å². The van der Waals surface area contributed by atoms with Crippen molar-refractivity contribution in [2.24, 2.45) is 0 Å². The smallest absolute Gasteiger partial charge is 0.273 e. The van der Waals surface area contributed by atoms with Crippen molar-refractivity contribution in [3.63, 3.8) is 0 Å². The Morgan fingerprint density at radius 1 is 1.39 bits per heavy atom. The van der Waals surface area contributed by atoms with E-state index in [2.05, 4.69) is 10.1 Å². The summed E-state index contributed by atoms with van der Waals surface area (Å²) in [4.78, 5) is 17.2. The number of nitrogens with two attached hydrogens (primary N) is 1. The van der Waals surface area contributed by atoms with Crippen LogP contribution >= 0.6 is 11.6 Å². The number of hydrogen-bond acceptors (Lipinski definition) is 4. The zero-order valence-corrected chi connectivity index (χ0v) is 10.7. The van der Waals surface area contributed by atoms with Crippen LogP contribution < -0.4 is 5.73 Å². The van der Waals surface area contributed by atoms with E-state index in [1.54, 1.807) is 38.5 Å². The van der Waals surface area contributed by atoms with Crippen LogP contribution in [0.4, 0.5) is 5.69 Å². The summed E-state index contributed by atoms with van der Waals surface area (Å²) in [5.74, 6) is 0.217. The number of rotatable bonds is 2. The highest BCUT2D eigenvalue weighted by molar-refractivity contribution is 6.29. The number of halogens is 1. The van der Waals surface area contributed by atoms with E-state index >= 15 is 0 Å². The van der Waals surface area contributed by atoms with Crippen LogP contribution in [0.2, 0.25) is 5.15 Å². The first kappa shape index (κ1) is 12.4. The number of carbonyl (C=O) groups is 1. The summed E-state index contributed by atoms with van der Waals surface area (Å²) in [6.45, 7) is 0. The van der Waals surface area contributed by atoms with Gasteiger partial charge in [0.2, 0.25) is 0 Å². The third-order valence-electron chi connectivity index (χ3n) is 2.30. The van der Waals surface area contributed by atoms with Crippen molar-refractivity contribution in [1.82, 2.24) is 19.7 Å². The van der Waals surface area contributed by atoms with Crippen molar-refractivity contribution in [1.29, 1.82) is 0 Å². The maximum atomic E-state index is 11.7. The molecule has 2 heterocycles. The van der Waals surface area contributed by atoms with E-state index in [1.165, 1.54) is 9.58 Å². The average Bonchev–Trinajstić information content (AvgIpc) is 2.80. The number of nitrogens with zero attached hydrogens (tertiary/aromatic N) is 4. The summed E-state index contributed by atoms with van der Waals surface area (Å²) in [5, 5.41) is 4.44. The quantitative estimate of drug-likeness (QED) is 0.828. The zero-order chi connectivity index (χ0) is 13.3. The molecule has 0 aliphatic heterocycles. The predicted molar refractivity (Wildman–Crippen MR) is 68.8 cm³/mol. The Bertz CT molecular complexity index is 593. The molecule has 0 aliphatic carbocycles. The van der Waals surface area contributed by atoms with Crippen molar-refractivity contribution in [3.8, 4) is 5.82 Å². The molecule has 94 valence electrons. The highest BCUT2D eigenvalue weighted by Gasteiger charge is 2.13. The lowest BCUT2D eigenvalue weighted by atomic mass is 10.4. The molecule has 2 N–H and O–H groups in total. The number of carbonyl (C=O) groups excluding carboxylic acids is 1. The van der Waals surface area contributed by atoms with Gasteiger partial charge in [0.25, 0.3) is 5.91 Å². The van der Waals surface area contributed by atoms with Crippen molar-refractivity contribution in [3.05, 3.63) is 35.2 Å². The molecule has 0 radical (unpaired) electrons. The lowest BCUT2D eigenvalue weighted by Gasteiger charge is -2.07. The van der Waals surface area contributed by atoms with E-state index < -0.39 is 0 Å². The molecule has 0 aliphatic rings. The molecule has 2 rings (SSSR count). The molecule has 2 aromatic rings. The van der Waals surface area contributed by atoms with Crippen LogP contribution in [0.25, 0.3) is 5.82 Å². The highest BCUT2D eigenvalue weighted by Crippen LogP contribution is 2.17. The molecular formula is C11H12ClN5O. The summed E-state index contributed by atoms with van der Waals surface area (Å²) in [6.07, 6.45) is 1.62. The third kappa shape index (κ3) is 2.28. The standard InChI is InChI=1S/C11H12ClN5O/c1-16(2)11(18)8-5-6-17(15-8)10-7(13)3-4-9(12)14-10/h3-6H,13H2,1-2H3. The van der Waals surface area contributed by atoms with Gasteiger partial charge in [0.1, 0.15) is 5.15 Å². The van der Waals surface area contributed by atoms with Crippen LogP contribution in [-0.4, -0.2) is 39.7 Å². The van der Waals surface area contributed by atoms with Crippen LogP contribution in [0, 0.1) is 0 Å². The Labute approximate surface area is 109 Å².